The maximum absolute atomic E-state index is 12.3. The fourth-order valence-electron chi connectivity index (χ4n) is 2.74. The van der Waals surface area contributed by atoms with Gasteiger partial charge in [-0.25, -0.2) is 0 Å². The average molecular weight is 377 g/mol. The molecular formula is C21H19N3O4. The minimum Gasteiger partial charge on any atom is -0.508 e. The monoisotopic (exact) mass is 377 g/mol. The number of hydrogen-bond acceptors (Lipinski definition) is 5. The predicted molar refractivity (Wildman–Crippen MR) is 107 cm³/mol. The Balaban J connectivity index is 1.68. The summed E-state index contributed by atoms with van der Waals surface area (Å²) in [7, 11) is 0. The maximum atomic E-state index is 12.3. The van der Waals surface area contributed by atoms with E-state index < -0.39 is 10.8 Å². The molecule has 0 unspecified atom stereocenters. The van der Waals surface area contributed by atoms with Gasteiger partial charge in [-0.15, -0.1) is 0 Å². The van der Waals surface area contributed by atoms with Crippen LogP contribution in [0.4, 0.5) is 17.1 Å². The molecule has 0 spiro atoms. The van der Waals surface area contributed by atoms with Crippen molar-refractivity contribution in [2.75, 3.05) is 11.9 Å². The van der Waals surface area contributed by atoms with Crippen molar-refractivity contribution in [1.82, 2.24) is 5.32 Å². The zero-order valence-electron chi connectivity index (χ0n) is 15.0. The quantitative estimate of drug-likeness (QED) is 0.426. The van der Waals surface area contributed by atoms with Crippen LogP contribution in [0, 0.1) is 10.1 Å². The van der Waals surface area contributed by atoms with Gasteiger partial charge in [0, 0.05) is 23.9 Å². The first-order valence-corrected chi connectivity index (χ1v) is 8.69. The Bertz CT molecular complexity index is 990. The molecule has 142 valence electrons. The molecule has 0 fully saturated rings. The topological polar surface area (TPSA) is 104 Å². The van der Waals surface area contributed by atoms with Gasteiger partial charge in [-0.1, -0.05) is 30.3 Å². The Morgan fingerprint density at radius 3 is 2.50 bits per heavy atom. The number of hydrogen-bond donors (Lipinski definition) is 3. The molecule has 28 heavy (non-hydrogen) atoms. The van der Waals surface area contributed by atoms with Crippen LogP contribution >= 0.6 is 0 Å². The van der Waals surface area contributed by atoms with Crippen LogP contribution in [0.15, 0.2) is 72.8 Å². The molecule has 0 aliphatic heterocycles. The molecule has 0 aromatic heterocycles. The maximum Gasteiger partial charge on any atom is 0.293 e. The number of nitro benzene ring substituents is 1. The van der Waals surface area contributed by atoms with Gasteiger partial charge in [0.25, 0.3) is 11.6 Å². The molecule has 0 bridgehead atoms. The molecule has 0 heterocycles. The van der Waals surface area contributed by atoms with Crippen molar-refractivity contribution in [3.8, 4) is 5.75 Å². The van der Waals surface area contributed by atoms with Crippen molar-refractivity contribution in [2.45, 2.75) is 6.42 Å². The lowest BCUT2D eigenvalue weighted by molar-refractivity contribution is -0.383. The van der Waals surface area contributed by atoms with Crippen molar-refractivity contribution in [3.05, 3.63) is 94.0 Å². The highest BCUT2D eigenvalue weighted by Crippen LogP contribution is 2.28. The van der Waals surface area contributed by atoms with Crippen LogP contribution in [-0.2, 0) is 6.42 Å². The van der Waals surface area contributed by atoms with Crippen molar-refractivity contribution < 1.29 is 14.8 Å². The highest BCUT2D eigenvalue weighted by Gasteiger charge is 2.17. The van der Waals surface area contributed by atoms with Gasteiger partial charge in [0.05, 0.1) is 4.92 Å². The van der Waals surface area contributed by atoms with Gasteiger partial charge in [0.15, 0.2) is 0 Å². The van der Waals surface area contributed by atoms with E-state index in [0.29, 0.717) is 24.3 Å². The van der Waals surface area contributed by atoms with Crippen LogP contribution < -0.4 is 10.6 Å². The minimum absolute atomic E-state index is 0.168. The fourth-order valence-corrected chi connectivity index (χ4v) is 2.74. The average Bonchev–Trinajstić information content (AvgIpc) is 2.69. The Kier molecular flexibility index (Phi) is 5.86. The molecule has 0 radical (unpaired) electrons. The van der Waals surface area contributed by atoms with Crippen LogP contribution in [0.25, 0.3) is 0 Å². The van der Waals surface area contributed by atoms with Crippen molar-refractivity contribution >= 4 is 23.0 Å². The number of rotatable bonds is 7. The zero-order chi connectivity index (χ0) is 19.9. The molecule has 3 aromatic rings. The third-order valence-corrected chi connectivity index (χ3v) is 4.12. The number of benzene rings is 3. The minimum atomic E-state index is -0.519. The number of anilines is 2. The number of nitrogens with zero attached hydrogens (tertiary/aromatic N) is 1. The van der Waals surface area contributed by atoms with E-state index in [4.69, 9.17) is 0 Å². The van der Waals surface area contributed by atoms with Crippen LogP contribution in [0.5, 0.6) is 5.75 Å². The highest BCUT2D eigenvalue weighted by molar-refractivity contribution is 5.96. The number of para-hydroxylation sites is 1. The lowest BCUT2D eigenvalue weighted by Gasteiger charge is -2.09. The summed E-state index contributed by atoms with van der Waals surface area (Å²) in [5.74, 6) is -0.226. The van der Waals surface area contributed by atoms with Crippen LogP contribution in [0.2, 0.25) is 0 Å². The summed E-state index contributed by atoms with van der Waals surface area (Å²) in [4.78, 5) is 23.3. The van der Waals surface area contributed by atoms with E-state index in [1.165, 1.54) is 12.1 Å². The number of nitro groups is 1. The highest BCUT2D eigenvalue weighted by atomic mass is 16.6. The molecule has 0 atom stereocenters. The number of nitrogens with one attached hydrogen (secondary N) is 2. The molecule has 0 saturated heterocycles. The Morgan fingerprint density at radius 2 is 1.79 bits per heavy atom. The number of phenolic OH excluding ortho intramolecular Hbond substituents is 1. The number of carbonyl (C=O) groups excluding carboxylic acids is 1. The van der Waals surface area contributed by atoms with E-state index in [0.717, 1.165) is 5.56 Å². The van der Waals surface area contributed by atoms with Crippen LogP contribution in [-0.4, -0.2) is 22.5 Å². The first-order chi connectivity index (χ1) is 13.5. The second kappa shape index (κ2) is 8.68. The van der Waals surface area contributed by atoms with Gasteiger partial charge in [0.2, 0.25) is 0 Å². The SMILES string of the molecule is O=C(NCCc1cccc(O)c1)c1ccc(Nc2ccccc2)c([N+](=O)[O-])c1. The summed E-state index contributed by atoms with van der Waals surface area (Å²) < 4.78 is 0. The molecule has 3 rings (SSSR count). The number of amides is 1. The van der Waals surface area contributed by atoms with E-state index >= 15 is 0 Å². The number of aromatic hydroxyl groups is 1. The van der Waals surface area contributed by atoms with Crippen LogP contribution in [0.3, 0.4) is 0 Å². The van der Waals surface area contributed by atoms with E-state index in [-0.39, 0.29) is 17.0 Å². The van der Waals surface area contributed by atoms with E-state index in [9.17, 15) is 20.0 Å². The summed E-state index contributed by atoms with van der Waals surface area (Å²) in [6.45, 7) is 0.347. The molecule has 7 nitrogen and oxygen atoms in total. The predicted octanol–water partition coefficient (Wildman–Crippen LogP) is 4.02. The van der Waals surface area contributed by atoms with Gasteiger partial charge in [-0.2, -0.15) is 0 Å². The normalized spacial score (nSPS) is 10.3. The Morgan fingerprint density at radius 1 is 1.00 bits per heavy atom. The molecule has 3 N–H and O–H groups in total. The summed E-state index contributed by atoms with van der Waals surface area (Å²) >= 11 is 0. The number of phenols is 1. The Hall–Kier alpha value is -3.87. The van der Waals surface area contributed by atoms with Crippen molar-refractivity contribution in [2.24, 2.45) is 0 Å². The van der Waals surface area contributed by atoms with Crippen molar-refractivity contribution in [1.29, 1.82) is 0 Å². The molecule has 0 aliphatic rings. The smallest absolute Gasteiger partial charge is 0.293 e. The molecule has 0 saturated carbocycles. The van der Waals surface area contributed by atoms with E-state index in [1.54, 1.807) is 36.4 Å². The third-order valence-electron chi connectivity index (χ3n) is 4.12. The molecule has 1 amide bonds. The van der Waals surface area contributed by atoms with Gasteiger partial charge in [0.1, 0.15) is 11.4 Å². The van der Waals surface area contributed by atoms with E-state index in [1.807, 2.05) is 24.3 Å². The van der Waals surface area contributed by atoms with E-state index in [2.05, 4.69) is 10.6 Å². The second-order valence-corrected chi connectivity index (χ2v) is 6.16. The summed E-state index contributed by atoms with van der Waals surface area (Å²) in [5.41, 5.74) is 1.95. The molecule has 0 aliphatic carbocycles. The molecule has 7 heteroatoms. The standard InChI is InChI=1S/C21H19N3O4/c25-18-8-4-5-15(13-18)11-12-22-21(26)16-9-10-19(20(14-16)24(27)28)23-17-6-2-1-3-7-17/h1-10,13-14,23,25H,11-12H2,(H,22,26). The van der Waals surface area contributed by atoms with Crippen LogP contribution in [0.1, 0.15) is 15.9 Å². The Labute approximate surface area is 161 Å². The lowest BCUT2D eigenvalue weighted by atomic mass is 10.1. The fraction of sp³-hybridized carbons (Fsp3) is 0.0952. The van der Waals surface area contributed by atoms with Gasteiger partial charge < -0.3 is 15.7 Å². The summed E-state index contributed by atoms with van der Waals surface area (Å²) in [5, 5.41) is 26.6. The van der Waals surface area contributed by atoms with Gasteiger partial charge in [-0.05, 0) is 48.4 Å². The van der Waals surface area contributed by atoms with Crippen molar-refractivity contribution in [3.63, 3.8) is 0 Å². The third kappa shape index (κ3) is 4.85. The first-order valence-electron chi connectivity index (χ1n) is 8.69. The second-order valence-electron chi connectivity index (χ2n) is 6.16. The summed E-state index contributed by atoms with van der Waals surface area (Å²) in [6.07, 6.45) is 0.538. The number of carbonyl (C=O) groups is 1. The first kappa shape index (κ1) is 18.9. The molecule has 3 aromatic carbocycles. The molecular weight excluding hydrogens is 358 g/mol. The van der Waals surface area contributed by atoms with Gasteiger partial charge >= 0.3 is 0 Å². The zero-order valence-corrected chi connectivity index (χ0v) is 15.0. The largest absolute Gasteiger partial charge is 0.508 e. The van der Waals surface area contributed by atoms with Gasteiger partial charge in [-0.3, -0.25) is 14.9 Å². The lowest BCUT2D eigenvalue weighted by Crippen LogP contribution is -2.25. The summed E-state index contributed by atoms with van der Waals surface area (Å²) in [6, 6.07) is 20.2.